The summed E-state index contributed by atoms with van der Waals surface area (Å²) >= 11 is 0. The van der Waals surface area contributed by atoms with Crippen LogP contribution in [0.2, 0.25) is 0 Å². The summed E-state index contributed by atoms with van der Waals surface area (Å²) < 4.78 is 0. The summed E-state index contributed by atoms with van der Waals surface area (Å²) in [5.74, 6) is 0.109. The maximum atomic E-state index is 12.1. The molecular formula is C15H25N3O. The van der Waals surface area contributed by atoms with Gasteiger partial charge in [-0.05, 0) is 38.9 Å². The molecule has 106 valence electrons. The first-order valence-corrected chi connectivity index (χ1v) is 6.72. The molecule has 19 heavy (non-hydrogen) atoms. The highest BCUT2D eigenvalue weighted by Gasteiger charge is 2.22. The van der Waals surface area contributed by atoms with E-state index in [1.54, 1.807) is 19.0 Å². The second-order valence-electron chi connectivity index (χ2n) is 5.08. The van der Waals surface area contributed by atoms with E-state index in [0.717, 1.165) is 18.7 Å². The molecule has 1 aromatic rings. The van der Waals surface area contributed by atoms with Crippen LogP contribution in [0.5, 0.6) is 0 Å². The molecule has 0 radical (unpaired) electrons. The molecule has 4 heteroatoms. The van der Waals surface area contributed by atoms with Gasteiger partial charge in [0, 0.05) is 26.3 Å². The Balaban J connectivity index is 2.93. The van der Waals surface area contributed by atoms with Gasteiger partial charge in [-0.2, -0.15) is 0 Å². The van der Waals surface area contributed by atoms with Gasteiger partial charge in [-0.3, -0.25) is 4.79 Å². The van der Waals surface area contributed by atoms with Crippen LogP contribution in [0.1, 0.15) is 18.9 Å². The minimum atomic E-state index is -0.177. The Kier molecular flexibility index (Phi) is 5.83. The topological polar surface area (TPSA) is 49.6 Å². The molecule has 1 unspecified atom stereocenters. The van der Waals surface area contributed by atoms with Crippen molar-refractivity contribution in [1.29, 1.82) is 0 Å². The molecule has 0 aliphatic rings. The lowest BCUT2D eigenvalue weighted by Crippen LogP contribution is -2.45. The van der Waals surface area contributed by atoms with Gasteiger partial charge in [0.25, 0.3) is 0 Å². The number of hydrogen-bond acceptors (Lipinski definition) is 3. The highest BCUT2D eigenvalue weighted by atomic mass is 16.2. The quantitative estimate of drug-likeness (QED) is 0.848. The van der Waals surface area contributed by atoms with Crippen molar-refractivity contribution in [2.75, 3.05) is 32.1 Å². The van der Waals surface area contributed by atoms with E-state index in [4.69, 9.17) is 5.73 Å². The molecule has 0 spiro atoms. The van der Waals surface area contributed by atoms with Crippen LogP contribution < -0.4 is 10.6 Å². The molecule has 1 aromatic carbocycles. The van der Waals surface area contributed by atoms with Crippen LogP contribution in [0.15, 0.2) is 24.3 Å². The summed E-state index contributed by atoms with van der Waals surface area (Å²) in [6, 6.07) is 8.08. The second kappa shape index (κ2) is 7.14. The maximum Gasteiger partial charge on any atom is 0.244 e. The minimum Gasteiger partial charge on any atom is -0.360 e. The Morgan fingerprint density at radius 2 is 1.84 bits per heavy atom. The molecule has 4 nitrogen and oxygen atoms in total. The molecule has 1 amide bonds. The lowest BCUT2D eigenvalue weighted by atomic mass is 10.1. The zero-order valence-electron chi connectivity index (χ0n) is 12.4. The fourth-order valence-corrected chi connectivity index (χ4v) is 2.05. The van der Waals surface area contributed by atoms with Crippen LogP contribution in [0, 0.1) is 6.92 Å². The molecule has 0 bridgehead atoms. The van der Waals surface area contributed by atoms with E-state index in [1.807, 2.05) is 6.92 Å². The number of carbonyl (C=O) groups is 1. The van der Waals surface area contributed by atoms with Gasteiger partial charge in [0.1, 0.15) is 6.04 Å². The number of anilines is 1. The average molecular weight is 263 g/mol. The third kappa shape index (κ3) is 4.24. The zero-order valence-corrected chi connectivity index (χ0v) is 12.4. The SMILES string of the molecule is Cc1ccc(N(CCCN)C(C)C(=O)N(C)C)cc1. The van der Waals surface area contributed by atoms with Gasteiger partial charge < -0.3 is 15.5 Å². The molecule has 0 aromatic heterocycles. The molecule has 0 saturated carbocycles. The van der Waals surface area contributed by atoms with E-state index in [1.165, 1.54) is 5.56 Å². The van der Waals surface area contributed by atoms with Gasteiger partial charge in [-0.15, -0.1) is 0 Å². The van der Waals surface area contributed by atoms with E-state index in [0.29, 0.717) is 6.54 Å². The van der Waals surface area contributed by atoms with Crippen molar-refractivity contribution in [3.8, 4) is 0 Å². The van der Waals surface area contributed by atoms with E-state index in [-0.39, 0.29) is 11.9 Å². The van der Waals surface area contributed by atoms with E-state index in [2.05, 4.69) is 36.1 Å². The van der Waals surface area contributed by atoms with Gasteiger partial charge in [-0.25, -0.2) is 0 Å². The van der Waals surface area contributed by atoms with Crippen LogP contribution in [-0.4, -0.2) is 44.0 Å². The predicted molar refractivity (Wildman–Crippen MR) is 80.4 cm³/mol. The summed E-state index contributed by atoms with van der Waals surface area (Å²) in [7, 11) is 3.57. The van der Waals surface area contributed by atoms with Crippen molar-refractivity contribution in [3.63, 3.8) is 0 Å². The number of nitrogens with zero attached hydrogens (tertiary/aromatic N) is 2. The summed E-state index contributed by atoms with van der Waals surface area (Å²) in [5, 5.41) is 0. The monoisotopic (exact) mass is 263 g/mol. The van der Waals surface area contributed by atoms with Crippen molar-refractivity contribution in [3.05, 3.63) is 29.8 Å². The maximum absolute atomic E-state index is 12.1. The molecule has 1 atom stereocenters. The highest BCUT2D eigenvalue weighted by Crippen LogP contribution is 2.19. The third-order valence-electron chi connectivity index (χ3n) is 3.23. The number of nitrogens with two attached hydrogens (primary N) is 1. The van der Waals surface area contributed by atoms with E-state index < -0.39 is 0 Å². The fraction of sp³-hybridized carbons (Fsp3) is 0.533. The molecule has 2 N–H and O–H groups in total. The highest BCUT2D eigenvalue weighted by molar-refractivity contribution is 5.84. The first-order chi connectivity index (χ1) is 8.97. The number of hydrogen-bond donors (Lipinski definition) is 1. The Morgan fingerprint density at radius 3 is 2.32 bits per heavy atom. The lowest BCUT2D eigenvalue weighted by Gasteiger charge is -2.32. The van der Waals surface area contributed by atoms with Crippen LogP contribution in [-0.2, 0) is 4.79 Å². The number of rotatable bonds is 6. The van der Waals surface area contributed by atoms with E-state index in [9.17, 15) is 4.79 Å². The molecule has 0 aliphatic carbocycles. The van der Waals surface area contributed by atoms with Crippen molar-refractivity contribution < 1.29 is 4.79 Å². The van der Waals surface area contributed by atoms with Gasteiger partial charge in [-0.1, -0.05) is 17.7 Å². The summed E-state index contributed by atoms with van der Waals surface area (Å²) in [6.07, 6.45) is 0.874. The summed E-state index contributed by atoms with van der Waals surface area (Å²) in [4.78, 5) is 15.9. The normalized spacial score (nSPS) is 12.1. The Labute approximate surface area is 116 Å². The number of amides is 1. The minimum absolute atomic E-state index is 0.109. The molecule has 0 saturated heterocycles. The average Bonchev–Trinajstić information content (AvgIpc) is 2.39. The van der Waals surface area contributed by atoms with Crippen LogP contribution in [0.4, 0.5) is 5.69 Å². The van der Waals surface area contributed by atoms with Gasteiger partial charge in [0.15, 0.2) is 0 Å². The standard InChI is InChI=1S/C15H25N3O/c1-12-6-8-14(9-7-12)18(11-5-10-16)13(2)15(19)17(3)4/h6-9,13H,5,10-11,16H2,1-4H3. The Bertz CT molecular complexity index is 400. The van der Waals surface area contributed by atoms with Crippen molar-refractivity contribution in [1.82, 2.24) is 4.90 Å². The van der Waals surface area contributed by atoms with Crippen molar-refractivity contribution in [2.24, 2.45) is 5.73 Å². The Morgan fingerprint density at radius 1 is 1.26 bits per heavy atom. The molecule has 0 fully saturated rings. The van der Waals surface area contributed by atoms with Crippen molar-refractivity contribution >= 4 is 11.6 Å². The fourth-order valence-electron chi connectivity index (χ4n) is 2.05. The lowest BCUT2D eigenvalue weighted by molar-refractivity contribution is -0.129. The number of aryl methyl sites for hydroxylation is 1. The van der Waals surface area contributed by atoms with Crippen LogP contribution in [0.3, 0.4) is 0 Å². The predicted octanol–water partition coefficient (Wildman–Crippen LogP) is 1.63. The largest absolute Gasteiger partial charge is 0.360 e. The van der Waals surface area contributed by atoms with Crippen molar-refractivity contribution in [2.45, 2.75) is 26.3 Å². The molecule has 0 aliphatic heterocycles. The van der Waals surface area contributed by atoms with Gasteiger partial charge in [0.05, 0.1) is 0 Å². The first-order valence-electron chi connectivity index (χ1n) is 6.72. The van der Waals surface area contributed by atoms with Crippen LogP contribution in [0.25, 0.3) is 0 Å². The summed E-state index contributed by atoms with van der Waals surface area (Å²) in [5.41, 5.74) is 7.88. The summed E-state index contributed by atoms with van der Waals surface area (Å²) in [6.45, 7) is 5.42. The first kappa shape index (κ1) is 15.5. The number of likely N-dealkylation sites (N-methyl/N-ethyl adjacent to an activating group) is 1. The van der Waals surface area contributed by atoms with Crippen LogP contribution >= 0.6 is 0 Å². The zero-order chi connectivity index (χ0) is 14.4. The molecule has 0 heterocycles. The third-order valence-corrected chi connectivity index (χ3v) is 3.23. The smallest absolute Gasteiger partial charge is 0.244 e. The van der Waals surface area contributed by atoms with Gasteiger partial charge in [0.2, 0.25) is 5.91 Å². The molecule has 1 rings (SSSR count). The number of benzene rings is 1. The molecular weight excluding hydrogens is 238 g/mol. The number of carbonyl (C=O) groups excluding carboxylic acids is 1. The van der Waals surface area contributed by atoms with Gasteiger partial charge >= 0.3 is 0 Å². The second-order valence-corrected chi connectivity index (χ2v) is 5.08. The Hall–Kier alpha value is -1.55. The van der Waals surface area contributed by atoms with E-state index >= 15 is 0 Å².